The van der Waals surface area contributed by atoms with Crippen LogP contribution < -0.4 is 5.32 Å². The number of imide groups is 1. The maximum atomic E-state index is 13.3. The highest BCUT2D eigenvalue weighted by Crippen LogP contribution is 2.34. The average molecular weight is 478 g/mol. The van der Waals surface area contributed by atoms with Crippen LogP contribution in [0.1, 0.15) is 28.1 Å². The Bertz CT molecular complexity index is 1360. The molecule has 2 aromatic carbocycles. The van der Waals surface area contributed by atoms with E-state index in [-0.39, 0.29) is 10.6 Å². The zero-order valence-electron chi connectivity index (χ0n) is 19.3. The molecular formula is C26H24FN3O3S. The lowest BCUT2D eigenvalue weighted by Crippen LogP contribution is -2.36. The Hall–Kier alpha value is -3.65. The normalized spacial score (nSPS) is 14.9. The van der Waals surface area contributed by atoms with E-state index >= 15 is 0 Å². The number of carbonyl (C=O) groups excluding carboxylic acids is 3. The molecule has 1 aliphatic heterocycles. The molecule has 0 saturated carbocycles. The molecule has 0 radical (unpaired) electrons. The molecule has 174 valence electrons. The maximum absolute atomic E-state index is 13.3. The van der Waals surface area contributed by atoms with Crippen molar-refractivity contribution in [1.82, 2.24) is 9.47 Å². The van der Waals surface area contributed by atoms with Gasteiger partial charge in [-0.25, -0.2) is 4.39 Å². The molecule has 0 spiro atoms. The second kappa shape index (κ2) is 9.30. The van der Waals surface area contributed by atoms with Crippen molar-refractivity contribution in [2.45, 2.75) is 27.7 Å². The zero-order chi connectivity index (χ0) is 24.6. The summed E-state index contributed by atoms with van der Waals surface area (Å²) in [5.74, 6) is -1.60. The fourth-order valence-corrected chi connectivity index (χ4v) is 4.88. The van der Waals surface area contributed by atoms with Gasteiger partial charge in [0.1, 0.15) is 12.4 Å². The zero-order valence-corrected chi connectivity index (χ0v) is 20.1. The van der Waals surface area contributed by atoms with Crippen molar-refractivity contribution in [3.8, 4) is 5.69 Å². The molecule has 8 heteroatoms. The maximum Gasteiger partial charge on any atom is 0.294 e. The fraction of sp³-hybridized carbons (Fsp3) is 0.192. The molecule has 1 saturated heterocycles. The van der Waals surface area contributed by atoms with Gasteiger partial charge in [0, 0.05) is 22.8 Å². The Morgan fingerprint density at radius 1 is 1.06 bits per heavy atom. The summed E-state index contributed by atoms with van der Waals surface area (Å²) in [4.78, 5) is 38.9. The van der Waals surface area contributed by atoms with Crippen LogP contribution in [0, 0.1) is 33.5 Å². The first-order chi connectivity index (χ1) is 16.1. The van der Waals surface area contributed by atoms with E-state index in [4.69, 9.17) is 0 Å². The summed E-state index contributed by atoms with van der Waals surface area (Å²) >= 11 is 0.801. The van der Waals surface area contributed by atoms with Gasteiger partial charge in [0.25, 0.3) is 11.1 Å². The number of benzene rings is 2. The number of hydrogen-bond acceptors (Lipinski definition) is 4. The summed E-state index contributed by atoms with van der Waals surface area (Å²) < 4.78 is 15.5. The molecule has 6 nitrogen and oxygen atoms in total. The molecule has 1 aliphatic rings. The van der Waals surface area contributed by atoms with Crippen LogP contribution in [0.15, 0.2) is 53.4 Å². The van der Waals surface area contributed by atoms with E-state index in [2.05, 4.69) is 35.0 Å². The molecule has 2 heterocycles. The van der Waals surface area contributed by atoms with Gasteiger partial charge in [-0.2, -0.15) is 0 Å². The molecule has 0 bridgehead atoms. The van der Waals surface area contributed by atoms with E-state index in [1.54, 1.807) is 6.08 Å². The summed E-state index contributed by atoms with van der Waals surface area (Å²) in [6.07, 6.45) is 1.69. The minimum absolute atomic E-state index is 0.254. The number of aromatic nitrogens is 1. The van der Waals surface area contributed by atoms with Gasteiger partial charge in [0.2, 0.25) is 5.91 Å². The molecule has 1 N–H and O–H groups in total. The molecular weight excluding hydrogens is 453 g/mol. The quantitative estimate of drug-likeness (QED) is 0.491. The standard InChI is InChI=1S/C26H24FN3O3S/c1-15-8-9-22(16(2)10-15)30-17(3)11-19(18(30)4)12-23-25(32)29(26(33)34-23)14-24(31)28-21-7-5-6-20(27)13-21/h5-13H,14H2,1-4H3,(H,28,31)/b23-12+. The minimum Gasteiger partial charge on any atom is -0.324 e. The molecule has 1 fully saturated rings. The van der Waals surface area contributed by atoms with Crippen molar-refractivity contribution in [2.24, 2.45) is 0 Å². The van der Waals surface area contributed by atoms with Gasteiger partial charge in [-0.15, -0.1) is 0 Å². The van der Waals surface area contributed by atoms with Gasteiger partial charge in [-0.1, -0.05) is 23.8 Å². The lowest BCUT2D eigenvalue weighted by Gasteiger charge is -2.13. The first-order valence-corrected chi connectivity index (χ1v) is 11.5. The van der Waals surface area contributed by atoms with Crippen LogP contribution in [0.2, 0.25) is 0 Å². The predicted octanol–water partition coefficient (Wildman–Crippen LogP) is 5.53. The van der Waals surface area contributed by atoms with Gasteiger partial charge in [-0.05, 0) is 87.0 Å². The van der Waals surface area contributed by atoms with Crippen molar-refractivity contribution in [3.05, 3.63) is 87.3 Å². The Morgan fingerprint density at radius 3 is 2.53 bits per heavy atom. The summed E-state index contributed by atoms with van der Waals surface area (Å²) in [7, 11) is 0. The van der Waals surface area contributed by atoms with Crippen molar-refractivity contribution in [3.63, 3.8) is 0 Å². The third-order valence-corrected chi connectivity index (χ3v) is 6.54. The lowest BCUT2D eigenvalue weighted by molar-refractivity contribution is -0.127. The predicted molar refractivity (Wildman–Crippen MR) is 132 cm³/mol. The first kappa shape index (κ1) is 23.5. The summed E-state index contributed by atoms with van der Waals surface area (Å²) in [6, 6.07) is 13.6. The monoisotopic (exact) mass is 477 g/mol. The highest BCUT2D eigenvalue weighted by Gasteiger charge is 2.36. The van der Waals surface area contributed by atoms with E-state index in [0.29, 0.717) is 0 Å². The number of carbonyl (C=O) groups is 3. The van der Waals surface area contributed by atoms with Crippen molar-refractivity contribution in [1.29, 1.82) is 0 Å². The number of hydrogen-bond donors (Lipinski definition) is 1. The second-order valence-electron chi connectivity index (χ2n) is 8.28. The SMILES string of the molecule is Cc1ccc(-n2c(C)cc(/C=C3/SC(=O)N(CC(=O)Nc4cccc(F)c4)C3=O)c2C)c(C)c1. The average Bonchev–Trinajstić information content (AvgIpc) is 3.18. The molecule has 3 amide bonds. The largest absolute Gasteiger partial charge is 0.324 e. The molecule has 0 atom stereocenters. The number of rotatable bonds is 5. The molecule has 0 aliphatic carbocycles. The van der Waals surface area contributed by atoms with Crippen LogP contribution in [0.25, 0.3) is 11.8 Å². The Morgan fingerprint density at radius 2 is 1.82 bits per heavy atom. The topological polar surface area (TPSA) is 71.4 Å². The molecule has 3 aromatic rings. The third kappa shape index (κ3) is 4.68. The first-order valence-electron chi connectivity index (χ1n) is 10.7. The number of amides is 3. The van der Waals surface area contributed by atoms with Crippen LogP contribution in [0.4, 0.5) is 14.9 Å². The lowest BCUT2D eigenvalue weighted by atomic mass is 10.1. The van der Waals surface area contributed by atoms with E-state index in [9.17, 15) is 18.8 Å². The van der Waals surface area contributed by atoms with Gasteiger partial charge in [-0.3, -0.25) is 19.3 Å². The number of halogens is 1. The van der Waals surface area contributed by atoms with Crippen LogP contribution in [-0.2, 0) is 9.59 Å². The molecule has 34 heavy (non-hydrogen) atoms. The van der Waals surface area contributed by atoms with Crippen LogP contribution in [0.3, 0.4) is 0 Å². The highest BCUT2D eigenvalue weighted by molar-refractivity contribution is 8.18. The van der Waals surface area contributed by atoms with Gasteiger partial charge in [0.15, 0.2) is 0 Å². The Kier molecular flexibility index (Phi) is 6.43. The van der Waals surface area contributed by atoms with E-state index in [1.165, 1.54) is 23.8 Å². The van der Waals surface area contributed by atoms with Gasteiger partial charge < -0.3 is 9.88 Å². The minimum atomic E-state index is -0.581. The summed E-state index contributed by atoms with van der Waals surface area (Å²) in [5, 5.41) is 1.99. The summed E-state index contributed by atoms with van der Waals surface area (Å²) in [6.45, 7) is 7.62. The van der Waals surface area contributed by atoms with Crippen LogP contribution in [-0.4, -0.2) is 33.1 Å². The third-order valence-electron chi connectivity index (χ3n) is 5.63. The van der Waals surface area contributed by atoms with E-state index < -0.39 is 29.4 Å². The number of anilines is 1. The van der Waals surface area contributed by atoms with Gasteiger partial charge >= 0.3 is 0 Å². The number of aryl methyl sites for hydroxylation is 3. The van der Waals surface area contributed by atoms with Crippen LogP contribution in [0.5, 0.6) is 0 Å². The van der Waals surface area contributed by atoms with Gasteiger partial charge in [0.05, 0.1) is 4.91 Å². The van der Waals surface area contributed by atoms with E-state index in [0.717, 1.165) is 50.9 Å². The fourth-order valence-electron chi connectivity index (χ4n) is 4.05. The Labute approximate surface area is 201 Å². The molecule has 1 aromatic heterocycles. The molecule has 0 unspecified atom stereocenters. The number of thioether (sulfide) groups is 1. The van der Waals surface area contributed by atoms with Crippen molar-refractivity contribution >= 4 is 40.6 Å². The summed E-state index contributed by atoms with van der Waals surface area (Å²) in [5.41, 5.74) is 6.41. The van der Waals surface area contributed by atoms with Crippen LogP contribution >= 0.6 is 11.8 Å². The van der Waals surface area contributed by atoms with Crippen molar-refractivity contribution in [2.75, 3.05) is 11.9 Å². The second-order valence-corrected chi connectivity index (χ2v) is 9.27. The highest BCUT2D eigenvalue weighted by atomic mass is 32.2. The molecule has 4 rings (SSSR count). The van der Waals surface area contributed by atoms with Crippen molar-refractivity contribution < 1.29 is 18.8 Å². The number of nitrogens with zero attached hydrogens (tertiary/aromatic N) is 2. The van der Waals surface area contributed by atoms with E-state index in [1.807, 2.05) is 26.8 Å². The number of nitrogens with one attached hydrogen (secondary N) is 1. The smallest absolute Gasteiger partial charge is 0.294 e. The Balaban J connectivity index is 1.55.